The summed E-state index contributed by atoms with van der Waals surface area (Å²) in [4.78, 5) is 33.7. The van der Waals surface area contributed by atoms with E-state index in [-0.39, 0.29) is 18.4 Å². The average Bonchev–Trinajstić information content (AvgIpc) is 3.10. The summed E-state index contributed by atoms with van der Waals surface area (Å²) in [6, 6.07) is 25.2. The summed E-state index contributed by atoms with van der Waals surface area (Å²) in [5.41, 5.74) is 3.24. The Labute approximate surface area is 267 Å². The molecule has 0 spiro atoms. The van der Waals surface area contributed by atoms with Crippen LogP contribution < -0.4 is 14.8 Å². The number of hydrogen-bond acceptors (Lipinski definition) is 7. The second-order valence-corrected chi connectivity index (χ2v) is 11.8. The molecular weight excluding hydrogens is 568 g/mol. The zero-order valence-electron chi connectivity index (χ0n) is 26.5. The van der Waals surface area contributed by atoms with Crippen molar-refractivity contribution in [2.24, 2.45) is 5.92 Å². The lowest BCUT2D eigenvalue weighted by Gasteiger charge is -2.40. The zero-order valence-corrected chi connectivity index (χ0v) is 26.5. The van der Waals surface area contributed by atoms with Crippen molar-refractivity contribution in [2.75, 3.05) is 60.0 Å². The molecule has 0 aliphatic carbocycles. The molecule has 0 bridgehead atoms. The van der Waals surface area contributed by atoms with Gasteiger partial charge in [0.15, 0.2) is 0 Å². The summed E-state index contributed by atoms with van der Waals surface area (Å²) in [6.07, 6.45) is 2.01. The lowest BCUT2D eigenvalue weighted by atomic mass is 9.88. The van der Waals surface area contributed by atoms with Gasteiger partial charge in [0, 0.05) is 44.8 Å². The van der Waals surface area contributed by atoms with Gasteiger partial charge in [0.2, 0.25) is 5.91 Å². The molecular formula is C36H46N4O5. The topological polar surface area (TPSA) is 83.6 Å². The molecule has 3 aromatic rings. The minimum absolute atomic E-state index is 0.0175. The number of benzene rings is 3. The highest BCUT2D eigenvalue weighted by Crippen LogP contribution is 2.25. The first-order chi connectivity index (χ1) is 22.0. The van der Waals surface area contributed by atoms with Crippen LogP contribution in [-0.2, 0) is 29.1 Å². The molecule has 1 N–H and O–H groups in total. The van der Waals surface area contributed by atoms with E-state index in [1.807, 2.05) is 71.6 Å². The highest BCUT2D eigenvalue weighted by molar-refractivity contribution is 5.86. The molecule has 9 heteroatoms. The third-order valence-electron chi connectivity index (χ3n) is 9.02. The van der Waals surface area contributed by atoms with Gasteiger partial charge in [-0.2, -0.15) is 0 Å². The third-order valence-corrected chi connectivity index (χ3v) is 9.02. The van der Waals surface area contributed by atoms with Crippen molar-refractivity contribution in [3.8, 4) is 11.5 Å². The number of piperidine rings is 1. The molecule has 2 aliphatic heterocycles. The summed E-state index contributed by atoms with van der Waals surface area (Å²) in [5.74, 6) is 1.81. The lowest BCUT2D eigenvalue weighted by Crippen LogP contribution is -2.58. The van der Waals surface area contributed by atoms with E-state index in [1.54, 1.807) is 14.2 Å². The van der Waals surface area contributed by atoms with Gasteiger partial charge in [0.05, 0.1) is 14.2 Å². The minimum Gasteiger partial charge on any atom is -0.496 e. The molecule has 240 valence electrons. The Morgan fingerprint density at radius 1 is 0.756 bits per heavy atom. The van der Waals surface area contributed by atoms with Crippen molar-refractivity contribution in [1.29, 1.82) is 0 Å². The Kier molecular flexibility index (Phi) is 11.7. The van der Waals surface area contributed by atoms with Gasteiger partial charge >= 0.3 is 6.09 Å². The van der Waals surface area contributed by atoms with Crippen molar-refractivity contribution in [1.82, 2.24) is 20.0 Å². The van der Waals surface area contributed by atoms with Gasteiger partial charge in [-0.25, -0.2) is 4.79 Å². The van der Waals surface area contributed by atoms with Gasteiger partial charge in [-0.05, 0) is 61.5 Å². The number of methoxy groups -OCH3 is 2. The Balaban J connectivity index is 1.18. The number of nitrogens with one attached hydrogen (secondary N) is 1. The van der Waals surface area contributed by atoms with Crippen molar-refractivity contribution in [3.05, 3.63) is 95.6 Å². The molecule has 3 aromatic carbocycles. The molecule has 2 fully saturated rings. The largest absolute Gasteiger partial charge is 0.496 e. The van der Waals surface area contributed by atoms with Crippen molar-refractivity contribution >= 4 is 12.0 Å². The fourth-order valence-electron chi connectivity index (χ4n) is 6.37. The van der Waals surface area contributed by atoms with Crippen LogP contribution in [-0.4, -0.2) is 92.8 Å². The van der Waals surface area contributed by atoms with Crippen LogP contribution in [0.4, 0.5) is 4.79 Å². The van der Waals surface area contributed by atoms with Crippen molar-refractivity contribution in [3.63, 3.8) is 0 Å². The van der Waals surface area contributed by atoms with Gasteiger partial charge in [-0.15, -0.1) is 0 Å². The maximum absolute atomic E-state index is 14.0. The summed E-state index contributed by atoms with van der Waals surface area (Å²) < 4.78 is 16.6. The Morgan fingerprint density at radius 3 is 2.02 bits per heavy atom. The fourth-order valence-corrected chi connectivity index (χ4v) is 6.37. The number of piperazine rings is 1. The number of likely N-dealkylation sites (tertiary alicyclic amines) is 1. The molecule has 5 rings (SSSR count). The summed E-state index contributed by atoms with van der Waals surface area (Å²) in [7, 11) is 3.40. The molecule has 1 atom stereocenters. The van der Waals surface area contributed by atoms with E-state index in [0.717, 1.165) is 81.2 Å². The first-order valence-electron chi connectivity index (χ1n) is 16.0. The number of carbonyl (C=O) groups excluding carboxylic acids is 2. The maximum Gasteiger partial charge on any atom is 0.408 e. The Bertz CT molecular complexity index is 1370. The molecule has 0 unspecified atom stereocenters. The van der Waals surface area contributed by atoms with E-state index in [4.69, 9.17) is 14.2 Å². The molecule has 0 saturated carbocycles. The number of rotatable bonds is 12. The number of para-hydroxylation sites is 2. The van der Waals surface area contributed by atoms with E-state index >= 15 is 0 Å². The molecule has 0 radical (unpaired) electrons. The van der Waals surface area contributed by atoms with Crippen LogP contribution in [0.1, 0.15) is 29.5 Å². The predicted octanol–water partition coefficient (Wildman–Crippen LogP) is 4.60. The average molecular weight is 615 g/mol. The standard InChI is InChI=1S/C36H46N4O5/c1-43-32-14-8-6-12-29(32)16-19-38-20-17-30(18-21-38)34(37-36(42)45-27-28-10-4-3-5-11-28)35(41)40-24-22-39(23-25-40)26-31-13-7-9-15-33(31)44-2/h3-15,30,34H,16-27H2,1-2H3,(H,37,42)/t34-/m1/s1. The summed E-state index contributed by atoms with van der Waals surface area (Å²) in [6.45, 7) is 6.35. The van der Waals surface area contributed by atoms with Crippen LogP contribution in [0.2, 0.25) is 0 Å². The first-order valence-corrected chi connectivity index (χ1v) is 16.0. The van der Waals surface area contributed by atoms with Gasteiger partial charge in [0.25, 0.3) is 0 Å². The molecule has 0 aromatic heterocycles. The molecule has 9 nitrogen and oxygen atoms in total. The fraction of sp³-hybridized carbons (Fsp3) is 0.444. The normalized spacial score (nSPS) is 17.0. The van der Waals surface area contributed by atoms with E-state index in [2.05, 4.69) is 27.2 Å². The van der Waals surface area contributed by atoms with E-state index in [0.29, 0.717) is 13.1 Å². The molecule has 2 aliphatic rings. The molecule has 2 heterocycles. The van der Waals surface area contributed by atoms with Crippen LogP contribution in [0, 0.1) is 5.92 Å². The lowest BCUT2D eigenvalue weighted by molar-refractivity contribution is -0.137. The van der Waals surface area contributed by atoms with Gasteiger partial charge < -0.3 is 29.3 Å². The van der Waals surface area contributed by atoms with E-state index in [9.17, 15) is 9.59 Å². The van der Waals surface area contributed by atoms with Crippen molar-refractivity contribution in [2.45, 2.75) is 38.5 Å². The van der Waals surface area contributed by atoms with Crippen LogP contribution >= 0.6 is 0 Å². The second kappa shape index (κ2) is 16.3. The highest BCUT2D eigenvalue weighted by atomic mass is 16.5. The molecule has 45 heavy (non-hydrogen) atoms. The van der Waals surface area contributed by atoms with Crippen LogP contribution in [0.5, 0.6) is 11.5 Å². The van der Waals surface area contributed by atoms with Gasteiger partial charge in [0.1, 0.15) is 24.1 Å². The second-order valence-electron chi connectivity index (χ2n) is 11.8. The number of ether oxygens (including phenoxy) is 3. The number of hydrogen-bond donors (Lipinski definition) is 1. The number of amides is 2. The monoisotopic (exact) mass is 614 g/mol. The Morgan fingerprint density at radius 2 is 1.36 bits per heavy atom. The highest BCUT2D eigenvalue weighted by Gasteiger charge is 2.36. The third kappa shape index (κ3) is 8.99. The summed E-state index contributed by atoms with van der Waals surface area (Å²) >= 11 is 0. The first kappa shape index (κ1) is 32.3. The maximum atomic E-state index is 14.0. The van der Waals surface area contributed by atoms with E-state index < -0.39 is 12.1 Å². The van der Waals surface area contributed by atoms with Gasteiger partial charge in [-0.1, -0.05) is 66.7 Å². The van der Waals surface area contributed by atoms with E-state index in [1.165, 1.54) is 5.56 Å². The Hall–Kier alpha value is -4.08. The van der Waals surface area contributed by atoms with Crippen LogP contribution in [0.15, 0.2) is 78.9 Å². The van der Waals surface area contributed by atoms with Crippen LogP contribution in [0.25, 0.3) is 0 Å². The molecule has 2 amide bonds. The SMILES string of the molecule is COc1ccccc1CCN1CCC([C@@H](NC(=O)OCc2ccccc2)C(=O)N2CCN(Cc3ccccc3OC)CC2)CC1. The van der Waals surface area contributed by atoms with Gasteiger partial charge in [-0.3, -0.25) is 9.69 Å². The van der Waals surface area contributed by atoms with Crippen molar-refractivity contribution < 1.29 is 23.8 Å². The molecule has 2 saturated heterocycles. The zero-order chi connectivity index (χ0) is 31.4. The quantitative estimate of drug-likeness (QED) is 0.319. The summed E-state index contributed by atoms with van der Waals surface area (Å²) in [5, 5.41) is 2.99. The number of carbonyl (C=O) groups is 2. The number of alkyl carbamates (subject to hydrolysis) is 1. The van der Waals surface area contributed by atoms with Crippen LogP contribution in [0.3, 0.4) is 0 Å². The predicted molar refractivity (Wildman–Crippen MR) is 174 cm³/mol. The minimum atomic E-state index is -0.620. The smallest absolute Gasteiger partial charge is 0.408 e. The number of nitrogens with zero attached hydrogens (tertiary/aromatic N) is 3.